The van der Waals surface area contributed by atoms with Gasteiger partial charge in [-0.05, 0) is 56.7 Å². The first-order chi connectivity index (χ1) is 15.5. The zero-order chi connectivity index (χ0) is 23.2. The summed E-state index contributed by atoms with van der Waals surface area (Å²) in [6, 6.07) is 2.12. The van der Waals surface area contributed by atoms with E-state index in [9.17, 15) is 4.79 Å². The van der Waals surface area contributed by atoms with Crippen LogP contribution >= 0.6 is 11.6 Å². The molecule has 3 rings (SSSR count). The van der Waals surface area contributed by atoms with Gasteiger partial charge in [-0.3, -0.25) is 0 Å². The quantitative estimate of drug-likeness (QED) is 0.265. The summed E-state index contributed by atoms with van der Waals surface area (Å²) >= 11 is 6.14. The number of pyridine rings is 1. The smallest absolute Gasteiger partial charge is 0.126 e. The van der Waals surface area contributed by atoms with Crippen LogP contribution in [0, 0.1) is 11.8 Å². The van der Waals surface area contributed by atoms with E-state index in [2.05, 4.69) is 21.7 Å². The lowest BCUT2D eigenvalue weighted by Gasteiger charge is -2.21. The van der Waals surface area contributed by atoms with Crippen molar-refractivity contribution in [1.29, 1.82) is 0 Å². The Kier molecular flexibility index (Phi) is 12.3. The zero-order valence-electron chi connectivity index (χ0n) is 19.1. The van der Waals surface area contributed by atoms with E-state index in [1.54, 1.807) is 6.20 Å². The average molecular weight is 464 g/mol. The van der Waals surface area contributed by atoms with Crippen LogP contribution in [-0.2, 0) is 9.53 Å². The number of nitrogens with two attached hydrogens (primary N) is 2. The minimum atomic E-state index is 0.258. The average Bonchev–Trinajstić information content (AvgIpc) is 2.82. The molecule has 1 aromatic heterocycles. The number of hydrogen-bond donors (Lipinski definition) is 4. The molecule has 1 aromatic rings. The van der Waals surface area contributed by atoms with Crippen LogP contribution in [0.15, 0.2) is 30.5 Å². The van der Waals surface area contributed by atoms with Crippen molar-refractivity contribution < 1.29 is 9.53 Å². The van der Waals surface area contributed by atoms with Gasteiger partial charge in [-0.25, -0.2) is 4.98 Å². The van der Waals surface area contributed by atoms with Gasteiger partial charge < -0.3 is 31.6 Å². The third-order valence-electron chi connectivity index (χ3n) is 5.82. The number of allylic oxidation sites excluding steroid dienone is 2. The van der Waals surface area contributed by atoms with Crippen LogP contribution in [0.5, 0.6) is 0 Å². The largest absolute Gasteiger partial charge is 0.398 e. The van der Waals surface area contributed by atoms with Gasteiger partial charge in [-0.15, -0.1) is 0 Å². The van der Waals surface area contributed by atoms with Gasteiger partial charge in [0, 0.05) is 56.2 Å². The fourth-order valence-electron chi connectivity index (χ4n) is 3.84. The first kappa shape index (κ1) is 26.3. The van der Waals surface area contributed by atoms with Gasteiger partial charge in [0.1, 0.15) is 12.1 Å². The second kappa shape index (κ2) is 15.0. The molecule has 1 aliphatic heterocycles. The number of anilines is 1. The lowest BCUT2D eigenvalue weighted by Crippen LogP contribution is -2.28. The number of aldehydes is 1. The molecule has 1 saturated heterocycles. The van der Waals surface area contributed by atoms with Crippen LogP contribution in [0.3, 0.4) is 0 Å². The van der Waals surface area contributed by atoms with Crippen molar-refractivity contribution in [2.24, 2.45) is 23.3 Å². The van der Waals surface area contributed by atoms with Gasteiger partial charge in [0.2, 0.25) is 0 Å². The number of aromatic nitrogens is 1. The van der Waals surface area contributed by atoms with Crippen molar-refractivity contribution >= 4 is 29.4 Å². The van der Waals surface area contributed by atoms with E-state index in [1.807, 2.05) is 25.3 Å². The Labute approximate surface area is 197 Å². The fourth-order valence-corrected chi connectivity index (χ4v) is 4.05. The highest BCUT2D eigenvalue weighted by atomic mass is 35.5. The maximum Gasteiger partial charge on any atom is 0.126 e. The van der Waals surface area contributed by atoms with E-state index in [1.165, 1.54) is 0 Å². The number of nitrogens with zero attached hydrogens (tertiary/aromatic N) is 1. The topological polar surface area (TPSA) is 115 Å². The first-order valence-electron chi connectivity index (χ1n) is 11.5. The maximum atomic E-state index is 10.2. The van der Waals surface area contributed by atoms with Crippen molar-refractivity contribution in [3.05, 3.63) is 41.1 Å². The second-order valence-electron chi connectivity index (χ2n) is 8.39. The summed E-state index contributed by atoms with van der Waals surface area (Å²) < 4.78 is 5.36. The minimum absolute atomic E-state index is 0.258. The molecule has 7 nitrogen and oxygen atoms in total. The summed E-state index contributed by atoms with van der Waals surface area (Å²) in [5.74, 6) is 1.73. The number of nitrogens with one attached hydrogen (secondary N) is 2. The van der Waals surface area contributed by atoms with Crippen molar-refractivity contribution in [2.75, 3.05) is 38.7 Å². The SMILES string of the molecule is CNc1cc(/C(N)=C/C=C\CNCC2CCOCC2)c(Cl)cn1.NC1CCCC(C=O)C1. The van der Waals surface area contributed by atoms with Crippen LogP contribution in [-0.4, -0.2) is 50.7 Å². The molecule has 8 heteroatoms. The van der Waals surface area contributed by atoms with Crippen LogP contribution in [0.25, 0.3) is 5.70 Å². The van der Waals surface area contributed by atoms with E-state index in [0.717, 1.165) is 88.4 Å². The molecule has 2 fully saturated rings. The number of rotatable bonds is 8. The molecule has 6 N–H and O–H groups in total. The molecule has 178 valence electrons. The van der Waals surface area contributed by atoms with Crippen LogP contribution in [0.2, 0.25) is 5.02 Å². The monoisotopic (exact) mass is 463 g/mol. The van der Waals surface area contributed by atoms with Gasteiger partial charge in [-0.2, -0.15) is 0 Å². The van der Waals surface area contributed by atoms with E-state index < -0.39 is 0 Å². The van der Waals surface area contributed by atoms with E-state index >= 15 is 0 Å². The molecule has 0 aromatic carbocycles. The van der Waals surface area contributed by atoms with Crippen molar-refractivity contribution in [2.45, 2.75) is 44.6 Å². The van der Waals surface area contributed by atoms with Crippen molar-refractivity contribution in [3.8, 4) is 0 Å². The van der Waals surface area contributed by atoms with Gasteiger partial charge in [0.05, 0.1) is 5.02 Å². The number of hydrogen-bond acceptors (Lipinski definition) is 7. The minimum Gasteiger partial charge on any atom is -0.398 e. The Bertz CT molecular complexity index is 750. The third kappa shape index (κ3) is 9.69. The zero-order valence-corrected chi connectivity index (χ0v) is 19.8. The van der Waals surface area contributed by atoms with Gasteiger partial charge in [0.25, 0.3) is 0 Å². The third-order valence-corrected chi connectivity index (χ3v) is 6.12. The summed E-state index contributed by atoms with van der Waals surface area (Å²) in [7, 11) is 1.81. The Morgan fingerprint density at radius 3 is 2.75 bits per heavy atom. The maximum absolute atomic E-state index is 10.2. The van der Waals surface area contributed by atoms with E-state index in [0.29, 0.717) is 10.7 Å². The molecule has 2 unspecified atom stereocenters. The number of carbonyl (C=O) groups excluding carboxylic acids is 1. The second-order valence-corrected chi connectivity index (χ2v) is 8.79. The summed E-state index contributed by atoms with van der Waals surface area (Å²) in [5.41, 5.74) is 13.1. The molecule has 2 atom stereocenters. The van der Waals surface area contributed by atoms with Crippen molar-refractivity contribution in [1.82, 2.24) is 10.3 Å². The Morgan fingerprint density at radius 2 is 2.09 bits per heavy atom. The van der Waals surface area contributed by atoms with Gasteiger partial charge in [0.15, 0.2) is 0 Å². The van der Waals surface area contributed by atoms with Crippen LogP contribution in [0.1, 0.15) is 44.1 Å². The highest BCUT2D eigenvalue weighted by Gasteiger charge is 2.17. The molecular formula is C24H38ClN5O2. The van der Waals surface area contributed by atoms with Crippen LogP contribution < -0.4 is 22.1 Å². The first-order valence-corrected chi connectivity index (χ1v) is 11.9. The molecule has 0 radical (unpaired) electrons. The number of ether oxygens (including phenoxy) is 1. The molecular weight excluding hydrogens is 426 g/mol. The van der Waals surface area contributed by atoms with E-state index in [-0.39, 0.29) is 12.0 Å². The Hall–Kier alpha value is -1.93. The predicted octanol–water partition coefficient (Wildman–Crippen LogP) is 3.35. The van der Waals surface area contributed by atoms with Crippen LogP contribution in [0.4, 0.5) is 5.82 Å². The number of halogens is 1. The number of carbonyl (C=O) groups is 1. The standard InChI is InChI=1S/C17H25ClN4O.C7H13NO/c1-20-17-10-14(15(18)12-22-17)16(19)4-2-3-7-21-11-13-5-8-23-9-6-13;8-7-3-1-2-6(4-7)5-9/h2-4,10,12-13,21H,5-9,11,19H2,1H3,(H,20,22);5-7H,1-4,8H2/b3-2-,16-4-;. The normalized spacial score (nSPS) is 22.3. The highest BCUT2D eigenvalue weighted by Crippen LogP contribution is 2.22. The lowest BCUT2D eigenvalue weighted by molar-refractivity contribution is -0.112. The molecule has 1 aliphatic carbocycles. The molecule has 0 bridgehead atoms. The summed E-state index contributed by atoms with van der Waals surface area (Å²) in [5, 5.41) is 6.96. The summed E-state index contributed by atoms with van der Waals surface area (Å²) in [6.07, 6.45) is 15.0. The molecule has 32 heavy (non-hydrogen) atoms. The highest BCUT2D eigenvalue weighted by molar-refractivity contribution is 6.32. The van der Waals surface area contributed by atoms with Gasteiger partial charge in [-0.1, -0.05) is 30.2 Å². The lowest BCUT2D eigenvalue weighted by atomic mass is 9.87. The predicted molar refractivity (Wildman–Crippen MR) is 133 cm³/mol. The fraction of sp³-hybridized carbons (Fsp3) is 0.583. The van der Waals surface area contributed by atoms with Gasteiger partial charge >= 0.3 is 0 Å². The summed E-state index contributed by atoms with van der Waals surface area (Å²) in [6.45, 7) is 3.65. The summed E-state index contributed by atoms with van der Waals surface area (Å²) in [4.78, 5) is 14.4. The molecule has 2 heterocycles. The molecule has 1 saturated carbocycles. The molecule has 0 spiro atoms. The molecule has 2 aliphatic rings. The van der Waals surface area contributed by atoms with Crippen molar-refractivity contribution in [3.63, 3.8) is 0 Å². The Balaban J connectivity index is 0.000000336. The Morgan fingerprint density at radius 1 is 1.31 bits per heavy atom. The molecule has 0 amide bonds. The van der Waals surface area contributed by atoms with E-state index in [4.69, 9.17) is 27.8 Å².